The van der Waals surface area contributed by atoms with Gasteiger partial charge in [0.25, 0.3) is 0 Å². The van der Waals surface area contributed by atoms with E-state index in [1.807, 2.05) is 6.92 Å². The second kappa shape index (κ2) is 8.22. The summed E-state index contributed by atoms with van der Waals surface area (Å²) < 4.78 is 42.1. The number of benzene rings is 1. The Hall–Kier alpha value is -2.25. The molecule has 0 atom stereocenters. The van der Waals surface area contributed by atoms with Gasteiger partial charge in [-0.15, -0.1) is 0 Å². The Morgan fingerprint density at radius 1 is 1.12 bits per heavy atom. The van der Waals surface area contributed by atoms with Crippen LogP contribution in [-0.4, -0.2) is 35.8 Å². The molecule has 0 saturated carbocycles. The second-order valence-corrected chi connectivity index (χ2v) is 5.85. The maximum Gasteiger partial charge on any atom is 0.422 e. The molecule has 1 aromatic heterocycles. The number of rotatable bonds is 8. The van der Waals surface area contributed by atoms with Gasteiger partial charge in [-0.05, 0) is 31.0 Å². The third kappa shape index (κ3) is 5.37. The van der Waals surface area contributed by atoms with E-state index in [9.17, 15) is 13.2 Å². The van der Waals surface area contributed by atoms with Gasteiger partial charge in [-0.1, -0.05) is 20.3 Å². The summed E-state index contributed by atoms with van der Waals surface area (Å²) in [5.41, 5.74) is 6.74. The van der Waals surface area contributed by atoms with Crippen LogP contribution >= 0.6 is 0 Å². The third-order valence-electron chi connectivity index (χ3n) is 3.62. The molecule has 0 aliphatic rings. The van der Waals surface area contributed by atoms with Crippen LogP contribution in [0.15, 0.2) is 18.2 Å². The highest BCUT2D eigenvalue weighted by Gasteiger charge is 2.29. The van der Waals surface area contributed by atoms with Crippen LogP contribution in [0, 0.1) is 0 Å². The number of hydrogen-bond donors (Lipinski definition) is 1. The van der Waals surface area contributed by atoms with Gasteiger partial charge in [0, 0.05) is 24.2 Å². The summed E-state index contributed by atoms with van der Waals surface area (Å²) in [5, 5.41) is 0.748. The molecule has 138 valence electrons. The highest BCUT2D eigenvalue weighted by atomic mass is 19.4. The number of nitrogen functional groups attached to an aromatic ring is 1. The molecule has 8 heteroatoms. The minimum absolute atomic E-state index is 0.289. The maximum atomic E-state index is 12.5. The normalized spacial score (nSPS) is 11.7. The van der Waals surface area contributed by atoms with Crippen LogP contribution < -0.4 is 15.4 Å². The molecule has 0 aliphatic heterocycles. The number of halogens is 3. The average Bonchev–Trinajstić information content (AvgIpc) is 2.55. The van der Waals surface area contributed by atoms with E-state index in [0.717, 1.165) is 37.7 Å². The summed E-state index contributed by atoms with van der Waals surface area (Å²) in [5.74, 6) is 0.581. The van der Waals surface area contributed by atoms with Crippen molar-refractivity contribution in [3.63, 3.8) is 0 Å². The molecule has 2 aromatic rings. The molecule has 0 fully saturated rings. The predicted molar refractivity (Wildman–Crippen MR) is 92.9 cm³/mol. The van der Waals surface area contributed by atoms with Gasteiger partial charge in [0.1, 0.15) is 5.82 Å². The largest absolute Gasteiger partial charge is 0.454 e. The number of fused-ring (bicyclic) bond motifs is 1. The predicted octanol–water partition coefficient (Wildman–Crippen LogP) is 4.17. The average molecular weight is 356 g/mol. The topological polar surface area (TPSA) is 64.3 Å². The molecule has 0 saturated heterocycles. The Kier molecular flexibility index (Phi) is 6.27. The van der Waals surface area contributed by atoms with Gasteiger partial charge in [-0.3, -0.25) is 0 Å². The minimum Gasteiger partial charge on any atom is -0.454 e. The van der Waals surface area contributed by atoms with Crippen molar-refractivity contribution in [1.82, 2.24) is 9.97 Å². The molecule has 0 amide bonds. The van der Waals surface area contributed by atoms with Gasteiger partial charge in [0.05, 0.1) is 5.52 Å². The fraction of sp³-hybridized carbons (Fsp3) is 0.529. The van der Waals surface area contributed by atoms with E-state index in [4.69, 9.17) is 10.5 Å². The Balaban J connectivity index is 2.46. The maximum absolute atomic E-state index is 12.5. The molecular weight excluding hydrogens is 333 g/mol. The van der Waals surface area contributed by atoms with Crippen molar-refractivity contribution in [2.75, 3.05) is 30.3 Å². The number of alkyl halides is 3. The Morgan fingerprint density at radius 2 is 1.88 bits per heavy atom. The van der Waals surface area contributed by atoms with E-state index < -0.39 is 12.8 Å². The molecule has 1 heterocycles. The van der Waals surface area contributed by atoms with Gasteiger partial charge in [-0.2, -0.15) is 23.1 Å². The molecule has 25 heavy (non-hydrogen) atoms. The highest BCUT2D eigenvalue weighted by Crippen LogP contribution is 2.29. The number of aromatic nitrogens is 2. The zero-order valence-corrected chi connectivity index (χ0v) is 14.4. The first-order valence-corrected chi connectivity index (χ1v) is 8.35. The smallest absolute Gasteiger partial charge is 0.422 e. The molecule has 5 nitrogen and oxygen atoms in total. The van der Waals surface area contributed by atoms with Crippen molar-refractivity contribution in [3.05, 3.63) is 18.2 Å². The molecule has 2 rings (SSSR count). The third-order valence-corrected chi connectivity index (χ3v) is 3.62. The second-order valence-electron chi connectivity index (χ2n) is 5.85. The summed E-state index contributed by atoms with van der Waals surface area (Å²) in [7, 11) is 0. The van der Waals surface area contributed by atoms with Crippen molar-refractivity contribution < 1.29 is 17.9 Å². The highest BCUT2D eigenvalue weighted by molar-refractivity contribution is 5.91. The minimum atomic E-state index is -4.44. The van der Waals surface area contributed by atoms with Crippen LogP contribution in [-0.2, 0) is 0 Å². The number of ether oxygens (including phenoxy) is 1. The standard InChI is InChI=1S/C17H23F3N4O/c1-3-5-9-24(8-4-2)15-13-7-6-12(21)10-14(13)22-16(23-15)25-11-17(18,19)20/h6-7,10H,3-5,8-9,11,21H2,1-2H3. The van der Waals surface area contributed by atoms with E-state index in [-0.39, 0.29) is 6.01 Å². The Morgan fingerprint density at radius 3 is 2.52 bits per heavy atom. The summed E-state index contributed by atoms with van der Waals surface area (Å²) in [4.78, 5) is 10.4. The van der Waals surface area contributed by atoms with E-state index >= 15 is 0 Å². The summed E-state index contributed by atoms with van der Waals surface area (Å²) in [6, 6.07) is 4.85. The van der Waals surface area contributed by atoms with Crippen molar-refractivity contribution in [2.45, 2.75) is 39.3 Å². The Labute approximate surface area is 145 Å². The lowest BCUT2D eigenvalue weighted by atomic mass is 10.2. The number of hydrogen-bond acceptors (Lipinski definition) is 5. The van der Waals surface area contributed by atoms with Crippen LogP contribution in [0.1, 0.15) is 33.1 Å². The van der Waals surface area contributed by atoms with Crippen molar-refractivity contribution in [3.8, 4) is 6.01 Å². The SMILES string of the molecule is CCCCN(CCC)c1nc(OCC(F)(F)F)nc2cc(N)ccc12. The molecule has 0 unspecified atom stereocenters. The van der Waals surface area contributed by atoms with Gasteiger partial charge < -0.3 is 15.4 Å². The zero-order chi connectivity index (χ0) is 18.4. The zero-order valence-electron chi connectivity index (χ0n) is 14.4. The van der Waals surface area contributed by atoms with Gasteiger partial charge in [-0.25, -0.2) is 0 Å². The van der Waals surface area contributed by atoms with E-state index in [2.05, 4.69) is 21.8 Å². The molecule has 1 aromatic carbocycles. The number of nitrogens with two attached hydrogens (primary N) is 1. The van der Waals surface area contributed by atoms with Crippen molar-refractivity contribution >= 4 is 22.4 Å². The van der Waals surface area contributed by atoms with Crippen molar-refractivity contribution in [1.29, 1.82) is 0 Å². The lowest BCUT2D eigenvalue weighted by Crippen LogP contribution is -2.27. The fourth-order valence-electron chi connectivity index (χ4n) is 2.50. The lowest BCUT2D eigenvalue weighted by Gasteiger charge is -2.24. The first-order valence-electron chi connectivity index (χ1n) is 8.35. The quantitative estimate of drug-likeness (QED) is 0.719. The van der Waals surface area contributed by atoms with Crippen LogP contribution in [0.3, 0.4) is 0 Å². The van der Waals surface area contributed by atoms with E-state index in [1.165, 1.54) is 0 Å². The van der Waals surface area contributed by atoms with Gasteiger partial charge in [0.2, 0.25) is 0 Å². The first-order chi connectivity index (χ1) is 11.8. The van der Waals surface area contributed by atoms with Crippen molar-refractivity contribution in [2.24, 2.45) is 0 Å². The molecule has 2 N–H and O–H groups in total. The van der Waals surface area contributed by atoms with Crippen LogP contribution in [0.4, 0.5) is 24.7 Å². The number of unbranched alkanes of at least 4 members (excludes halogenated alkanes) is 1. The molecule has 0 aliphatic carbocycles. The number of nitrogens with zero attached hydrogens (tertiary/aromatic N) is 3. The van der Waals surface area contributed by atoms with Crippen LogP contribution in [0.5, 0.6) is 6.01 Å². The fourth-order valence-corrected chi connectivity index (χ4v) is 2.50. The molecule has 0 bridgehead atoms. The summed E-state index contributed by atoms with van der Waals surface area (Å²) in [6.07, 6.45) is -1.59. The Bertz CT molecular complexity index is 706. The monoisotopic (exact) mass is 356 g/mol. The van der Waals surface area contributed by atoms with E-state index in [1.54, 1.807) is 18.2 Å². The lowest BCUT2D eigenvalue weighted by molar-refractivity contribution is -0.154. The molecule has 0 spiro atoms. The number of anilines is 2. The van der Waals surface area contributed by atoms with E-state index in [0.29, 0.717) is 17.0 Å². The van der Waals surface area contributed by atoms with Crippen LogP contribution in [0.25, 0.3) is 10.9 Å². The van der Waals surface area contributed by atoms with Gasteiger partial charge >= 0.3 is 12.2 Å². The molecular formula is C17H23F3N4O. The summed E-state index contributed by atoms with van der Waals surface area (Å²) >= 11 is 0. The van der Waals surface area contributed by atoms with Gasteiger partial charge in [0.15, 0.2) is 6.61 Å². The van der Waals surface area contributed by atoms with Crippen LogP contribution in [0.2, 0.25) is 0 Å². The molecule has 0 radical (unpaired) electrons. The summed E-state index contributed by atoms with van der Waals surface area (Å²) in [6.45, 7) is 4.21. The first kappa shape index (κ1) is 19.1.